The highest BCUT2D eigenvalue weighted by Crippen LogP contribution is 2.30. The summed E-state index contributed by atoms with van der Waals surface area (Å²) in [7, 11) is -4.21. The van der Waals surface area contributed by atoms with Crippen LogP contribution in [0.2, 0.25) is 10.0 Å². The Labute approximate surface area is 282 Å². The van der Waals surface area contributed by atoms with E-state index in [0.717, 1.165) is 33.8 Å². The van der Waals surface area contributed by atoms with Crippen LogP contribution < -0.4 is 9.62 Å². The number of carbonyl (C=O) groups is 2. The number of hydrogen-bond donors (Lipinski definition) is 1. The monoisotopic (exact) mass is 679 g/mol. The van der Waals surface area contributed by atoms with E-state index in [1.807, 2.05) is 44.2 Å². The van der Waals surface area contributed by atoms with Crippen LogP contribution in [0.25, 0.3) is 0 Å². The van der Waals surface area contributed by atoms with Gasteiger partial charge in [0.05, 0.1) is 10.6 Å². The van der Waals surface area contributed by atoms with Gasteiger partial charge >= 0.3 is 0 Å². The Morgan fingerprint density at radius 1 is 0.826 bits per heavy atom. The van der Waals surface area contributed by atoms with Gasteiger partial charge in [0.25, 0.3) is 10.0 Å². The van der Waals surface area contributed by atoms with Crippen LogP contribution in [0.3, 0.4) is 0 Å². The van der Waals surface area contributed by atoms with Gasteiger partial charge in [-0.3, -0.25) is 13.9 Å². The molecule has 0 aliphatic heterocycles. The number of benzene rings is 4. The van der Waals surface area contributed by atoms with Crippen molar-refractivity contribution in [1.82, 2.24) is 10.2 Å². The average molecular weight is 681 g/mol. The molecule has 0 heterocycles. The molecule has 2 amide bonds. The van der Waals surface area contributed by atoms with E-state index in [9.17, 15) is 18.0 Å². The Morgan fingerprint density at radius 2 is 1.48 bits per heavy atom. The van der Waals surface area contributed by atoms with E-state index < -0.39 is 28.5 Å². The maximum atomic E-state index is 14.6. The zero-order valence-electron chi connectivity index (χ0n) is 26.2. The van der Waals surface area contributed by atoms with Gasteiger partial charge in [0.1, 0.15) is 12.6 Å². The van der Waals surface area contributed by atoms with Crippen LogP contribution in [0, 0.1) is 13.8 Å². The second-order valence-corrected chi connectivity index (χ2v) is 14.0. The highest BCUT2D eigenvalue weighted by molar-refractivity contribution is 7.92. The van der Waals surface area contributed by atoms with Crippen LogP contribution in [0.4, 0.5) is 5.69 Å². The summed E-state index contributed by atoms with van der Waals surface area (Å²) in [6, 6.07) is 26.9. The van der Waals surface area contributed by atoms with E-state index in [-0.39, 0.29) is 23.8 Å². The number of sulfonamides is 1. The number of anilines is 1. The second kappa shape index (κ2) is 16.1. The molecule has 0 saturated heterocycles. The van der Waals surface area contributed by atoms with E-state index in [0.29, 0.717) is 27.8 Å². The summed E-state index contributed by atoms with van der Waals surface area (Å²) in [6.07, 6.45) is 1.92. The largest absolute Gasteiger partial charge is 0.354 e. The predicted octanol–water partition coefficient (Wildman–Crippen LogP) is 7.36. The van der Waals surface area contributed by atoms with E-state index in [1.165, 1.54) is 17.0 Å². The van der Waals surface area contributed by atoms with Crippen molar-refractivity contribution >= 4 is 50.7 Å². The molecule has 7 nitrogen and oxygen atoms in total. The molecule has 1 atom stereocenters. The summed E-state index contributed by atoms with van der Waals surface area (Å²) in [5.74, 6) is -0.846. The topological polar surface area (TPSA) is 86.8 Å². The number of hydrogen-bond acceptors (Lipinski definition) is 4. The van der Waals surface area contributed by atoms with Crippen LogP contribution in [-0.4, -0.2) is 44.3 Å². The maximum Gasteiger partial charge on any atom is 0.264 e. The summed E-state index contributed by atoms with van der Waals surface area (Å²) in [5.41, 5.74) is 3.41. The van der Waals surface area contributed by atoms with Crippen molar-refractivity contribution in [2.45, 2.75) is 57.5 Å². The van der Waals surface area contributed by atoms with E-state index in [4.69, 9.17) is 23.2 Å². The number of halogens is 2. The molecule has 46 heavy (non-hydrogen) atoms. The second-order valence-electron chi connectivity index (χ2n) is 11.3. The number of rotatable bonds is 14. The fourth-order valence-electron chi connectivity index (χ4n) is 5.10. The van der Waals surface area contributed by atoms with Crippen molar-refractivity contribution < 1.29 is 18.0 Å². The van der Waals surface area contributed by atoms with Crippen LogP contribution in [0.5, 0.6) is 0 Å². The minimum Gasteiger partial charge on any atom is -0.354 e. The summed E-state index contributed by atoms with van der Waals surface area (Å²) in [6.45, 7) is 5.63. The molecular weight excluding hydrogens is 641 g/mol. The standard InChI is InChI=1S/C36H39Cl2N3O4S/c1-4-5-21-39-36(43)34(23-28-9-7-6-8-10-28)40(24-29-13-15-30(37)16-14-29)35(42)25-41(33-20-17-31(38)22-27(33)3)46(44,45)32-18-11-26(2)12-19-32/h6-20,22,34H,4-5,21,23-25H2,1-3H3,(H,39,43). The van der Waals surface area contributed by atoms with Crippen LogP contribution in [-0.2, 0) is 32.6 Å². The highest BCUT2D eigenvalue weighted by atomic mass is 35.5. The third-order valence-electron chi connectivity index (χ3n) is 7.68. The SMILES string of the molecule is CCCCNC(=O)C(Cc1ccccc1)N(Cc1ccc(Cl)cc1)C(=O)CN(c1ccc(Cl)cc1C)S(=O)(=O)c1ccc(C)cc1. The molecule has 0 aromatic heterocycles. The Balaban J connectivity index is 1.81. The minimum atomic E-state index is -4.21. The van der Waals surface area contributed by atoms with Crippen molar-refractivity contribution in [2.24, 2.45) is 0 Å². The van der Waals surface area contributed by atoms with Gasteiger partial charge in [-0.15, -0.1) is 0 Å². The third kappa shape index (κ3) is 9.12. The molecule has 0 aliphatic rings. The van der Waals surface area contributed by atoms with Gasteiger partial charge in [0, 0.05) is 29.6 Å². The molecular formula is C36H39Cl2N3O4S. The van der Waals surface area contributed by atoms with Gasteiger partial charge in [0.15, 0.2) is 0 Å². The average Bonchev–Trinajstić information content (AvgIpc) is 3.03. The van der Waals surface area contributed by atoms with Gasteiger partial charge in [0.2, 0.25) is 11.8 Å². The van der Waals surface area contributed by atoms with E-state index in [1.54, 1.807) is 61.5 Å². The highest BCUT2D eigenvalue weighted by Gasteiger charge is 2.35. The molecule has 0 saturated carbocycles. The number of nitrogens with one attached hydrogen (secondary N) is 1. The molecule has 0 bridgehead atoms. The zero-order chi connectivity index (χ0) is 33.3. The normalized spacial score (nSPS) is 11.9. The lowest BCUT2D eigenvalue weighted by atomic mass is 10.0. The van der Waals surface area contributed by atoms with Gasteiger partial charge in [-0.1, -0.05) is 96.7 Å². The first-order valence-electron chi connectivity index (χ1n) is 15.2. The Kier molecular flexibility index (Phi) is 12.3. The maximum absolute atomic E-state index is 14.6. The van der Waals surface area contributed by atoms with Gasteiger partial charge in [-0.25, -0.2) is 8.42 Å². The molecule has 10 heteroatoms. The lowest BCUT2D eigenvalue weighted by Crippen LogP contribution is -2.53. The smallest absolute Gasteiger partial charge is 0.264 e. The number of carbonyl (C=O) groups excluding carboxylic acids is 2. The van der Waals surface area contributed by atoms with Gasteiger partial charge in [-0.2, -0.15) is 0 Å². The third-order valence-corrected chi connectivity index (χ3v) is 9.94. The molecule has 242 valence electrons. The molecule has 0 spiro atoms. The predicted molar refractivity (Wildman–Crippen MR) is 186 cm³/mol. The number of amides is 2. The molecule has 0 aliphatic carbocycles. The summed E-state index contributed by atoms with van der Waals surface area (Å²) < 4.78 is 29.6. The van der Waals surface area contributed by atoms with E-state index in [2.05, 4.69) is 5.32 Å². The summed E-state index contributed by atoms with van der Waals surface area (Å²) in [5, 5.41) is 3.97. The van der Waals surface area contributed by atoms with Crippen molar-refractivity contribution in [2.75, 3.05) is 17.4 Å². The fraction of sp³-hybridized carbons (Fsp3) is 0.278. The first-order valence-corrected chi connectivity index (χ1v) is 17.4. The van der Waals surface area contributed by atoms with Crippen molar-refractivity contribution in [3.8, 4) is 0 Å². The van der Waals surface area contributed by atoms with E-state index >= 15 is 0 Å². The molecule has 0 fully saturated rings. The van der Waals surface area contributed by atoms with Gasteiger partial charge < -0.3 is 10.2 Å². The number of aryl methyl sites for hydroxylation is 2. The van der Waals surface area contributed by atoms with Crippen LogP contribution in [0.1, 0.15) is 42.0 Å². The summed E-state index contributed by atoms with van der Waals surface area (Å²) >= 11 is 12.4. The molecule has 1 N–H and O–H groups in total. The molecule has 4 aromatic rings. The number of nitrogens with zero attached hydrogens (tertiary/aromatic N) is 2. The molecule has 4 aromatic carbocycles. The van der Waals surface area contributed by atoms with Crippen LogP contribution >= 0.6 is 23.2 Å². The summed E-state index contributed by atoms with van der Waals surface area (Å²) in [4.78, 5) is 29.9. The number of unbranched alkanes of at least 4 members (excludes halogenated alkanes) is 1. The van der Waals surface area contributed by atoms with Crippen LogP contribution in [0.15, 0.2) is 102 Å². The Morgan fingerprint density at radius 3 is 2.11 bits per heavy atom. The first-order chi connectivity index (χ1) is 22.0. The molecule has 1 unspecified atom stereocenters. The lowest BCUT2D eigenvalue weighted by Gasteiger charge is -2.34. The first kappa shape index (κ1) is 35.0. The Bertz CT molecular complexity index is 1730. The molecule has 4 rings (SSSR count). The minimum absolute atomic E-state index is 0.0441. The van der Waals surface area contributed by atoms with Gasteiger partial charge in [-0.05, 0) is 79.4 Å². The lowest BCUT2D eigenvalue weighted by molar-refractivity contribution is -0.140. The fourth-order valence-corrected chi connectivity index (χ4v) is 6.93. The van der Waals surface area contributed by atoms with Crippen molar-refractivity contribution in [1.29, 1.82) is 0 Å². The zero-order valence-corrected chi connectivity index (χ0v) is 28.6. The molecule has 0 radical (unpaired) electrons. The van der Waals surface area contributed by atoms with Crippen molar-refractivity contribution in [3.63, 3.8) is 0 Å². The quantitative estimate of drug-likeness (QED) is 0.141. The van der Waals surface area contributed by atoms with Crippen molar-refractivity contribution in [3.05, 3.63) is 129 Å². The Hall–Kier alpha value is -3.85.